The van der Waals surface area contributed by atoms with Crippen molar-refractivity contribution in [2.75, 3.05) is 19.6 Å². The summed E-state index contributed by atoms with van der Waals surface area (Å²) < 4.78 is 0. The molecule has 3 heteroatoms. The fraction of sp³-hybridized carbons (Fsp3) is 0.643. The van der Waals surface area contributed by atoms with E-state index in [-0.39, 0.29) is 0 Å². The number of aromatic nitrogens is 1. The van der Waals surface area contributed by atoms with E-state index in [9.17, 15) is 0 Å². The normalized spacial score (nSPS) is 31.7. The monoisotopic (exact) mass is 231 g/mol. The fourth-order valence-corrected chi connectivity index (χ4v) is 3.15. The zero-order valence-electron chi connectivity index (χ0n) is 10.5. The Morgan fingerprint density at radius 2 is 2.24 bits per heavy atom. The van der Waals surface area contributed by atoms with Crippen molar-refractivity contribution in [1.82, 2.24) is 15.2 Å². The SMILES string of the molecule is Cc1cccc(CNC2CCN3CCC2C3)n1. The number of hydrogen-bond acceptors (Lipinski definition) is 3. The Kier molecular flexibility index (Phi) is 3.12. The largest absolute Gasteiger partial charge is 0.308 e. The van der Waals surface area contributed by atoms with E-state index in [4.69, 9.17) is 0 Å². The Bertz CT molecular complexity index is 391. The highest BCUT2D eigenvalue weighted by molar-refractivity contribution is 5.10. The summed E-state index contributed by atoms with van der Waals surface area (Å²) in [4.78, 5) is 7.14. The van der Waals surface area contributed by atoms with Crippen LogP contribution in [0.4, 0.5) is 0 Å². The first-order chi connectivity index (χ1) is 8.31. The summed E-state index contributed by atoms with van der Waals surface area (Å²) in [6.45, 7) is 6.86. The van der Waals surface area contributed by atoms with Gasteiger partial charge in [0.15, 0.2) is 0 Å². The van der Waals surface area contributed by atoms with Gasteiger partial charge in [0.25, 0.3) is 0 Å². The van der Waals surface area contributed by atoms with E-state index in [1.165, 1.54) is 38.2 Å². The first-order valence-electron chi connectivity index (χ1n) is 6.69. The van der Waals surface area contributed by atoms with Crippen LogP contribution in [-0.4, -0.2) is 35.6 Å². The minimum atomic E-state index is 0.705. The maximum atomic E-state index is 4.55. The summed E-state index contributed by atoms with van der Waals surface area (Å²) in [6.07, 6.45) is 2.68. The molecule has 92 valence electrons. The highest BCUT2D eigenvalue weighted by atomic mass is 15.2. The average molecular weight is 231 g/mol. The van der Waals surface area contributed by atoms with Crippen LogP contribution < -0.4 is 5.32 Å². The van der Waals surface area contributed by atoms with Crippen LogP contribution in [0.1, 0.15) is 24.2 Å². The molecule has 3 rings (SSSR count). The molecule has 2 aliphatic heterocycles. The molecule has 2 aliphatic rings. The summed E-state index contributed by atoms with van der Waals surface area (Å²) in [5.74, 6) is 0.869. The lowest BCUT2D eigenvalue weighted by Gasteiger charge is -2.31. The second-order valence-corrected chi connectivity index (χ2v) is 5.40. The molecule has 1 aromatic rings. The first kappa shape index (κ1) is 11.2. The molecule has 3 unspecified atom stereocenters. The Labute approximate surface area is 103 Å². The van der Waals surface area contributed by atoms with Crippen molar-refractivity contribution in [1.29, 1.82) is 0 Å². The average Bonchev–Trinajstić information content (AvgIpc) is 2.71. The van der Waals surface area contributed by atoms with Gasteiger partial charge in [-0.05, 0) is 50.9 Å². The molecule has 0 spiro atoms. The van der Waals surface area contributed by atoms with Gasteiger partial charge in [0.05, 0.1) is 5.69 Å². The third kappa shape index (κ3) is 2.50. The fourth-order valence-electron chi connectivity index (χ4n) is 3.15. The quantitative estimate of drug-likeness (QED) is 0.856. The Morgan fingerprint density at radius 3 is 3.12 bits per heavy atom. The van der Waals surface area contributed by atoms with E-state index in [1.54, 1.807) is 0 Å². The summed E-state index contributed by atoms with van der Waals surface area (Å²) in [7, 11) is 0. The van der Waals surface area contributed by atoms with Crippen LogP contribution in [0.3, 0.4) is 0 Å². The van der Waals surface area contributed by atoms with Crippen molar-refractivity contribution in [3.8, 4) is 0 Å². The summed E-state index contributed by atoms with van der Waals surface area (Å²) in [6, 6.07) is 6.97. The number of fused-ring (bicyclic) bond motifs is 2. The summed E-state index contributed by atoms with van der Waals surface area (Å²) in [5, 5.41) is 3.70. The highest BCUT2D eigenvalue weighted by Crippen LogP contribution is 2.27. The topological polar surface area (TPSA) is 28.2 Å². The van der Waals surface area contributed by atoms with Gasteiger partial charge in [0, 0.05) is 24.8 Å². The number of aryl methyl sites for hydroxylation is 1. The third-order valence-corrected chi connectivity index (χ3v) is 4.13. The van der Waals surface area contributed by atoms with Gasteiger partial charge < -0.3 is 10.2 Å². The van der Waals surface area contributed by atoms with Crippen LogP contribution >= 0.6 is 0 Å². The number of rotatable bonds is 3. The number of nitrogens with one attached hydrogen (secondary N) is 1. The lowest BCUT2D eigenvalue weighted by atomic mass is 9.94. The Morgan fingerprint density at radius 1 is 1.35 bits per heavy atom. The maximum absolute atomic E-state index is 4.55. The van der Waals surface area contributed by atoms with Gasteiger partial charge in [-0.1, -0.05) is 6.07 Å². The van der Waals surface area contributed by atoms with Crippen LogP contribution in [0.15, 0.2) is 18.2 Å². The molecule has 0 radical (unpaired) electrons. The predicted molar refractivity (Wildman–Crippen MR) is 68.8 cm³/mol. The molecule has 0 amide bonds. The summed E-state index contributed by atoms with van der Waals surface area (Å²) in [5.41, 5.74) is 2.28. The molecular formula is C14H21N3. The molecule has 3 nitrogen and oxygen atoms in total. The zero-order chi connectivity index (χ0) is 11.7. The molecule has 2 fully saturated rings. The molecular weight excluding hydrogens is 210 g/mol. The van der Waals surface area contributed by atoms with Gasteiger partial charge in [0.2, 0.25) is 0 Å². The number of nitrogens with zero attached hydrogens (tertiary/aromatic N) is 2. The smallest absolute Gasteiger partial charge is 0.0544 e. The molecule has 17 heavy (non-hydrogen) atoms. The van der Waals surface area contributed by atoms with E-state index in [1.807, 2.05) is 0 Å². The van der Waals surface area contributed by atoms with Gasteiger partial charge in [-0.25, -0.2) is 0 Å². The molecule has 2 saturated heterocycles. The van der Waals surface area contributed by atoms with Crippen LogP contribution in [-0.2, 0) is 6.54 Å². The van der Waals surface area contributed by atoms with Gasteiger partial charge in [-0.2, -0.15) is 0 Å². The van der Waals surface area contributed by atoms with Crippen molar-refractivity contribution >= 4 is 0 Å². The standard InChI is InChI=1S/C14H21N3/c1-11-3-2-4-13(16-11)9-15-14-6-8-17-7-5-12(14)10-17/h2-4,12,14-15H,5-10H2,1H3. The van der Waals surface area contributed by atoms with Crippen LogP contribution in [0.2, 0.25) is 0 Å². The van der Waals surface area contributed by atoms with Crippen molar-refractivity contribution in [2.45, 2.75) is 32.4 Å². The molecule has 1 N–H and O–H groups in total. The van der Waals surface area contributed by atoms with Crippen molar-refractivity contribution in [2.24, 2.45) is 5.92 Å². The minimum absolute atomic E-state index is 0.705. The molecule has 0 aromatic carbocycles. The second-order valence-electron chi connectivity index (χ2n) is 5.40. The molecule has 0 aliphatic carbocycles. The highest BCUT2D eigenvalue weighted by Gasteiger charge is 2.33. The first-order valence-corrected chi connectivity index (χ1v) is 6.69. The maximum Gasteiger partial charge on any atom is 0.0544 e. The number of piperidine rings is 1. The minimum Gasteiger partial charge on any atom is -0.308 e. The van der Waals surface area contributed by atoms with E-state index in [0.29, 0.717) is 6.04 Å². The van der Waals surface area contributed by atoms with Crippen LogP contribution in [0.25, 0.3) is 0 Å². The van der Waals surface area contributed by atoms with Crippen molar-refractivity contribution < 1.29 is 0 Å². The second kappa shape index (κ2) is 4.75. The third-order valence-electron chi connectivity index (χ3n) is 4.13. The van der Waals surface area contributed by atoms with Gasteiger partial charge in [0.1, 0.15) is 0 Å². The lowest BCUT2D eigenvalue weighted by molar-refractivity contribution is 0.220. The molecule has 0 saturated carbocycles. The number of pyridine rings is 1. The van der Waals surface area contributed by atoms with Crippen LogP contribution in [0.5, 0.6) is 0 Å². The van der Waals surface area contributed by atoms with Crippen molar-refractivity contribution in [3.05, 3.63) is 29.6 Å². The van der Waals surface area contributed by atoms with E-state index < -0.39 is 0 Å². The van der Waals surface area contributed by atoms with E-state index >= 15 is 0 Å². The van der Waals surface area contributed by atoms with Gasteiger partial charge in [-0.15, -0.1) is 0 Å². The van der Waals surface area contributed by atoms with Gasteiger partial charge >= 0.3 is 0 Å². The lowest BCUT2D eigenvalue weighted by Crippen LogP contribution is -2.43. The molecule has 3 heterocycles. The predicted octanol–water partition coefficient (Wildman–Crippen LogP) is 1.57. The van der Waals surface area contributed by atoms with Gasteiger partial charge in [-0.3, -0.25) is 4.98 Å². The zero-order valence-corrected chi connectivity index (χ0v) is 10.5. The van der Waals surface area contributed by atoms with Crippen LogP contribution in [0, 0.1) is 12.8 Å². The Balaban J connectivity index is 1.57. The molecule has 3 atom stereocenters. The van der Waals surface area contributed by atoms with E-state index in [0.717, 1.165) is 18.2 Å². The Hall–Kier alpha value is -0.930. The summed E-state index contributed by atoms with van der Waals surface area (Å²) >= 11 is 0. The van der Waals surface area contributed by atoms with Crippen molar-refractivity contribution in [3.63, 3.8) is 0 Å². The van der Waals surface area contributed by atoms with E-state index in [2.05, 4.69) is 40.3 Å². The molecule has 1 aromatic heterocycles. The molecule has 2 bridgehead atoms. The number of hydrogen-bond donors (Lipinski definition) is 1.